The van der Waals surface area contributed by atoms with Gasteiger partial charge < -0.3 is 20.6 Å². The Bertz CT molecular complexity index is 2280. The number of carbonyl (C=O) groups excluding carboxylic acids is 2. The van der Waals surface area contributed by atoms with E-state index in [0.717, 1.165) is 38.5 Å². The van der Waals surface area contributed by atoms with Gasteiger partial charge in [0, 0.05) is 60.1 Å². The number of amides is 2. The van der Waals surface area contributed by atoms with Crippen molar-refractivity contribution in [3.05, 3.63) is 143 Å². The third-order valence-corrected chi connectivity index (χ3v) is 9.61. The van der Waals surface area contributed by atoms with E-state index in [4.69, 9.17) is 16.7 Å². The van der Waals surface area contributed by atoms with Gasteiger partial charge in [-0.25, -0.2) is 0 Å². The van der Waals surface area contributed by atoms with Crippen molar-refractivity contribution in [2.45, 2.75) is 64.2 Å². The van der Waals surface area contributed by atoms with Gasteiger partial charge in [-0.1, -0.05) is 93.6 Å². The van der Waals surface area contributed by atoms with E-state index in [-0.39, 0.29) is 35.0 Å². The zero-order valence-electron chi connectivity index (χ0n) is 29.5. The highest BCUT2D eigenvalue weighted by molar-refractivity contribution is 5.89. The van der Waals surface area contributed by atoms with E-state index in [0.29, 0.717) is 24.2 Å². The number of hydrazine groups is 1. The van der Waals surface area contributed by atoms with Gasteiger partial charge >= 0.3 is 0 Å². The first-order valence-electron chi connectivity index (χ1n) is 17.1. The molecule has 0 aliphatic heterocycles. The maximum Gasteiger partial charge on any atom is 0.264 e. The maximum absolute atomic E-state index is 13.3. The number of carbonyl (C=O) groups is 2. The number of primary amides is 1. The van der Waals surface area contributed by atoms with Crippen molar-refractivity contribution < 1.29 is 20.0 Å². The topological polar surface area (TPSA) is 167 Å². The maximum atomic E-state index is 13.3. The van der Waals surface area contributed by atoms with Crippen molar-refractivity contribution in [3.8, 4) is 6.07 Å². The first-order valence-corrected chi connectivity index (χ1v) is 17.1. The Morgan fingerprint density at radius 1 is 0.769 bits per heavy atom. The summed E-state index contributed by atoms with van der Waals surface area (Å²) in [4.78, 5) is 26.2. The second-order valence-corrected chi connectivity index (χ2v) is 14.3. The largest absolute Gasteiger partial charge is 0.367 e. The summed E-state index contributed by atoms with van der Waals surface area (Å²) >= 11 is 0. The molecule has 266 valence electrons. The molecule has 6 rings (SSSR count). The second kappa shape index (κ2) is 14.5. The van der Waals surface area contributed by atoms with Gasteiger partial charge in [-0.05, 0) is 69.1 Å². The molecule has 2 aromatic heterocycles. The third kappa shape index (κ3) is 7.32. The molecule has 11 heteroatoms. The molecule has 1 unspecified atom stereocenters. The Morgan fingerprint density at radius 3 is 1.79 bits per heavy atom. The fourth-order valence-corrected chi connectivity index (χ4v) is 6.60. The van der Waals surface area contributed by atoms with Crippen LogP contribution in [0, 0.1) is 11.3 Å². The van der Waals surface area contributed by atoms with E-state index in [1.807, 2.05) is 77.6 Å². The summed E-state index contributed by atoms with van der Waals surface area (Å²) < 4.78 is 4.08. The molecule has 2 amide bonds. The predicted octanol–water partition coefficient (Wildman–Crippen LogP) is 6.00. The first-order chi connectivity index (χ1) is 24.8. The summed E-state index contributed by atoms with van der Waals surface area (Å²) in [5, 5.41) is 32.9. The van der Waals surface area contributed by atoms with Gasteiger partial charge in [0.1, 0.15) is 0 Å². The minimum absolute atomic E-state index is 0.0254. The number of hydrogen-bond acceptors (Lipinski definition) is 7. The van der Waals surface area contributed by atoms with Crippen molar-refractivity contribution in [1.29, 1.82) is 5.26 Å². The highest BCUT2D eigenvalue weighted by atomic mass is 16.7. The Hall–Kier alpha value is -5.77. The molecule has 52 heavy (non-hydrogen) atoms. The second-order valence-electron chi connectivity index (χ2n) is 14.3. The molecule has 1 atom stereocenters. The van der Waals surface area contributed by atoms with Crippen LogP contribution in [-0.4, -0.2) is 47.4 Å². The molecule has 6 aromatic rings. The van der Waals surface area contributed by atoms with E-state index >= 15 is 0 Å². The molecule has 0 aliphatic rings. The van der Waals surface area contributed by atoms with E-state index in [9.17, 15) is 20.0 Å². The van der Waals surface area contributed by atoms with Crippen molar-refractivity contribution in [2.24, 2.45) is 11.5 Å². The van der Waals surface area contributed by atoms with Crippen LogP contribution in [0.5, 0.6) is 0 Å². The number of hydrogen-bond donors (Lipinski definition) is 4. The van der Waals surface area contributed by atoms with Crippen molar-refractivity contribution >= 4 is 33.6 Å². The molecule has 0 aliphatic carbocycles. The summed E-state index contributed by atoms with van der Waals surface area (Å²) in [6.07, 6.45) is 3.50. The van der Waals surface area contributed by atoms with Crippen molar-refractivity contribution in [2.75, 3.05) is 0 Å². The van der Waals surface area contributed by atoms with Crippen LogP contribution in [0.2, 0.25) is 0 Å². The third-order valence-electron chi connectivity index (χ3n) is 9.61. The summed E-state index contributed by atoms with van der Waals surface area (Å²) in [5.74, 6) is -2.02. The lowest BCUT2D eigenvalue weighted by Crippen LogP contribution is -2.69. The fraction of sp³-hybridized carbons (Fsp3) is 0.244. The molecule has 0 radical (unpaired) electrons. The zero-order chi connectivity index (χ0) is 37.2. The minimum Gasteiger partial charge on any atom is -0.367 e. The molecule has 0 saturated carbocycles. The van der Waals surface area contributed by atoms with Gasteiger partial charge in [0.25, 0.3) is 11.8 Å². The molecule has 0 fully saturated rings. The molecule has 2 heterocycles. The summed E-state index contributed by atoms with van der Waals surface area (Å²) in [6.45, 7) is 7.58. The fourth-order valence-electron chi connectivity index (χ4n) is 6.60. The van der Waals surface area contributed by atoms with Crippen molar-refractivity contribution in [3.63, 3.8) is 0 Å². The number of aromatic nitrogens is 2. The standard InChI is InChI=1S/C41H43N7O4/c1-40(2,3)33-19-16-30(17-20-33)25-46-27-32(35-9-5-7-11-37(35)46)22-41(44,39(43)50)48(52)47(51)38(49)21-18-31-26-45(36-10-6-4-8-34(31)36)24-29-14-12-28(23-42)13-15-29/h4-17,19-20,26-27,51-52H,18,21-22,24-25,44H2,1-3H3,(H2,43,50). The number of aryl methyl sites for hydroxylation is 1. The van der Waals surface area contributed by atoms with E-state index in [1.165, 1.54) is 5.56 Å². The number of benzene rings is 4. The lowest BCUT2D eigenvalue weighted by Gasteiger charge is -2.36. The van der Waals surface area contributed by atoms with E-state index < -0.39 is 17.5 Å². The van der Waals surface area contributed by atoms with Gasteiger partial charge in [-0.2, -0.15) is 5.26 Å². The number of nitrogens with two attached hydrogens (primary N) is 2. The lowest BCUT2D eigenvalue weighted by atomic mass is 9.87. The lowest BCUT2D eigenvalue weighted by molar-refractivity contribution is -0.376. The van der Waals surface area contributed by atoms with E-state index in [1.54, 1.807) is 12.1 Å². The number of nitrogens with zero attached hydrogens (tertiary/aromatic N) is 5. The molecular formula is C41H43N7O4. The van der Waals surface area contributed by atoms with Crippen LogP contribution < -0.4 is 11.5 Å². The van der Waals surface area contributed by atoms with Crippen LogP contribution in [0.25, 0.3) is 21.8 Å². The van der Waals surface area contributed by atoms with Gasteiger partial charge in [-0.15, -0.1) is 5.17 Å². The Balaban J connectivity index is 1.19. The molecule has 0 bridgehead atoms. The Kier molecular flexibility index (Phi) is 10.0. The summed E-state index contributed by atoms with van der Waals surface area (Å²) in [5.41, 5.74) is 17.0. The van der Waals surface area contributed by atoms with Crippen molar-refractivity contribution in [1.82, 2.24) is 19.5 Å². The molecule has 11 nitrogen and oxygen atoms in total. The normalized spacial score (nSPS) is 13.0. The molecule has 0 spiro atoms. The SMILES string of the molecule is CC(C)(C)c1ccc(Cn2cc(CC(N)(C(N)=O)N(O)N(O)C(=O)CCc3cn(Cc4ccc(C#N)cc4)c4ccccc34)c3ccccc32)cc1. The molecular weight excluding hydrogens is 654 g/mol. The van der Waals surface area contributed by atoms with Crippen LogP contribution in [0.3, 0.4) is 0 Å². The minimum atomic E-state index is -2.37. The molecule has 4 aromatic carbocycles. The van der Waals surface area contributed by atoms with Crippen LogP contribution in [0.15, 0.2) is 109 Å². The smallest absolute Gasteiger partial charge is 0.264 e. The average molecular weight is 698 g/mol. The van der Waals surface area contributed by atoms with Crippen LogP contribution in [-0.2, 0) is 40.9 Å². The molecule has 0 saturated heterocycles. The van der Waals surface area contributed by atoms with Gasteiger partial charge in [0.05, 0.1) is 11.6 Å². The number of fused-ring (bicyclic) bond motifs is 2. The van der Waals surface area contributed by atoms with E-state index in [2.05, 4.69) is 55.7 Å². The van der Waals surface area contributed by atoms with Crippen LogP contribution in [0.1, 0.15) is 60.6 Å². The van der Waals surface area contributed by atoms with Crippen LogP contribution >= 0.6 is 0 Å². The number of para-hydroxylation sites is 2. The monoisotopic (exact) mass is 697 g/mol. The number of rotatable bonds is 12. The van der Waals surface area contributed by atoms with Crippen LogP contribution in [0.4, 0.5) is 0 Å². The summed E-state index contributed by atoms with van der Waals surface area (Å²) in [7, 11) is 0. The Labute approximate surface area is 302 Å². The highest BCUT2D eigenvalue weighted by Crippen LogP contribution is 2.29. The number of nitriles is 1. The summed E-state index contributed by atoms with van der Waals surface area (Å²) in [6, 6.07) is 33.2. The quantitative estimate of drug-likeness (QED) is 0.0691. The Morgan fingerprint density at radius 2 is 1.27 bits per heavy atom. The molecule has 6 N–H and O–H groups in total. The first kappa shape index (κ1) is 36.0. The van der Waals surface area contributed by atoms with Gasteiger partial charge in [-0.3, -0.25) is 20.0 Å². The zero-order valence-corrected chi connectivity index (χ0v) is 29.5. The van der Waals surface area contributed by atoms with Gasteiger partial charge in [0.2, 0.25) is 0 Å². The average Bonchev–Trinajstić information content (AvgIpc) is 3.66. The number of hydroxylamine groups is 2. The predicted molar refractivity (Wildman–Crippen MR) is 199 cm³/mol. The highest BCUT2D eigenvalue weighted by Gasteiger charge is 2.44. The van der Waals surface area contributed by atoms with Gasteiger partial charge in [0.15, 0.2) is 5.66 Å².